The van der Waals surface area contributed by atoms with Crippen LogP contribution >= 0.6 is 11.8 Å². The smallest absolute Gasteiger partial charge is 0.319 e. The molecule has 0 fully saturated rings. The molecule has 1 atom stereocenters. The van der Waals surface area contributed by atoms with Crippen LogP contribution in [-0.2, 0) is 23.2 Å². The van der Waals surface area contributed by atoms with Gasteiger partial charge in [0.15, 0.2) is 5.16 Å². The number of aliphatic hydroxyl groups excluding tert-OH is 1. The van der Waals surface area contributed by atoms with E-state index in [2.05, 4.69) is 4.98 Å². The average Bonchev–Trinajstić information content (AvgIpc) is 2.67. The highest BCUT2D eigenvalue weighted by Crippen LogP contribution is 2.25. The van der Waals surface area contributed by atoms with Crippen molar-refractivity contribution in [2.75, 3.05) is 6.61 Å². The molecule has 0 amide bonds. The molecule has 1 N–H and O–H groups in total. The zero-order valence-corrected chi connectivity index (χ0v) is 11.2. The first kappa shape index (κ1) is 14.1. The molecule has 17 heavy (non-hydrogen) atoms. The summed E-state index contributed by atoms with van der Waals surface area (Å²) in [6.45, 7) is 4.06. The van der Waals surface area contributed by atoms with E-state index in [1.807, 2.05) is 14.0 Å². The Labute approximate surface area is 105 Å². The standard InChI is InChI=1S/C11H18N2O3S/c1-4-9(10(15)16-5-2)17-11-12-6-8(7-14)13(11)3/h6,9,14H,4-5,7H2,1-3H3. The van der Waals surface area contributed by atoms with E-state index in [1.165, 1.54) is 11.8 Å². The summed E-state index contributed by atoms with van der Waals surface area (Å²) in [7, 11) is 1.82. The number of esters is 1. The fourth-order valence-corrected chi connectivity index (χ4v) is 2.32. The lowest BCUT2D eigenvalue weighted by Gasteiger charge is -2.12. The van der Waals surface area contributed by atoms with Crippen LogP contribution in [0.4, 0.5) is 0 Å². The van der Waals surface area contributed by atoms with Gasteiger partial charge in [0.2, 0.25) is 0 Å². The third-order valence-corrected chi connectivity index (χ3v) is 3.77. The molecule has 1 aromatic rings. The third kappa shape index (κ3) is 3.47. The number of ether oxygens (including phenoxy) is 1. The summed E-state index contributed by atoms with van der Waals surface area (Å²) >= 11 is 1.37. The molecule has 0 bridgehead atoms. The summed E-state index contributed by atoms with van der Waals surface area (Å²) < 4.78 is 6.78. The monoisotopic (exact) mass is 258 g/mol. The number of carbonyl (C=O) groups is 1. The van der Waals surface area contributed by atoms with Gasteiger partial charge >= 0.3 is 5.97 Å². The van der Waals surface area contributed by atoms with E-state index in [0.717, 1.165) is 5.69 Å². The molecule has 0 saturated carbocycles. The molecule has 0 aliphatic heterocycles. The van der Waals surface area contributed by atoms with E-state index in [4.69, 9.17) is 9.84 Å². The van der Waals surface area contributed by atoms with Crippen molar-refractivity contribution in [1.82, 2.24) is 9.55 Å². The second-order valence-electron chi connectivity index (χ2n) is 3.52. The molecule has 0 radical (unpaired) electrons. The number of thioether (sulfide) groups is 1. The fourth-order valence-electron chi connectivity index (χ4n) is 1.34. The topological polar surface area (TPSA) is 64.3 Å². The minimum Gasteiger partial charge on any atom is -0.465 e. The molecule has 1 rings (SSSR count). The fraction of sp³-hybridized carbons (Fsp3) is 0.636. The van der Waals surface area contributed by atoms with Crippen molar-refractivity contribution in [3.8, 4) is 0 Å². The summed E-state index contributed by atoms with van der Waals surface area (Å²) in [6, 6.07) is 0. The van der Waals surface area contributed by atoms with Crippen LogP contribution in [-0.4, -0.2) is 32.5 Å². The number of hydrogen-bond donors (Lipinski definition) is 1. The van der Waals surface area contributed by atoms with Crippen molar-refractivity contribution >= 4 is 17.7 Å². The molecular formula is C11H18N2O3S. The van der Waals surface area contributed by atoms with E-state index < -0.39 is 0 Å². The molecule has 1 heterocycles. The second kappa shape index (κ2) is 6.66. The predicted molar refractivity (Wildman–Crippen MR) is 65.7 cm³/mol. The molecule has 0 spiro atoms. The Morgan fingerprint density at radius 1 is 1.65 bits per heavy atom. The molecule has 1 aromatic heterocycles. The van der Waals surface area contributed by atoms with Crippen LogP contribution in [0.2, 0.25) is 0 Å². The highest BCUT2D eigenvalue weighted by Gasteiger charge is 2.21. The maximum absolute atomic E-state index is 11.6. The number of nitrogens with zero attached hydrogens (tertiary/aromatic N) is 2. The van der Waals surface area contributed by atoms with Crippen molar-refractivity contribution < 1.29 is 14.6 Å². The third-order valence-electron chi connectivity index (χ3n) is 2.37. The minimum absolute atomic E-state index is 0.0553. The summed E-state index contributed by atoms with van der Waals surface area (Å²) in [6.07, 6.45) is 2.30. The van der Waals surface area contributed by atoms with Crippen LogP contribution in [0.15, 0.2) is 11.4 Å². The lowest BCUT2D eigenvalue weighted by atomic mass is 10.3. The summed E-state index contributed by atoms with van der Waals surface area (Å²) in [5.74, 6) is -0.214. The van der Waals surface area contributed by atoms with Gasteiger partial charge in [0.05, 0.1) is 25.1 Å². The van der Waals surface area contributed by atoms with Crippen molar-refractivity contribution in [3.05, 3.63) is 11.9 Å². The molecule has 0 aromatic carbocycles. The van der Waals surface area contributed by atoms with Crippen molar-refractivity contribution in [2.45, 2.75) is 37.3 Å². The van der Waals surface area contributed by atoms with Crippen LogP contribution < -0.4 is 0 Å². The zero-order chi connectivity index (χ0) is 12.8. The average molecular weight is 258 g/mol. The Balaban J connectivity index is 2.73. The Bertz CT molecular complexity index is 379. The van der Waals surface area contributed by atoms with E-state index >= 15 is 0 Å². The van der Waals surface area contributed by atoms with Gasteiger partial charge in [-0.3, -0.25) is 4.79 Å². The number of aromatic nitrogens is 2. The van der Waals surface area contributed by atoms with Gasteiger partial charge in [0, 0.05) is 7.05 Å². The van der Waals surface area contributed by atoms with Gasteiger partial charge in [0.25, 0.3) is 0 Å². The maximum atomic E-state index is 11.6. The normalized spacial score (nSPS) is 12.5. The number of rotatable bonds is 6. The van der Waals surface area contributed by atoms with Gasteiger partial charge < -0.3 is 14.4 Å². The van der Waals surface area contributed by atoms with E-state index in [1.54, 1.807) is 17.7 Å². The highest BCUT2D eigenvalue weighted by molar-refractivity contribution is 8.00. The Morgan fingerprint density at radius 2 is 2.35 bits per heavy atom. The molecule has 0 saturated heterocycles. The molecule has 0 aliphatic rings. The number of imidazole rings is 1. The molecular weight excluding hydrogens is 240 g/mol. The van der Waals surface area contributed by atoms with Gasteiger partial charge in [-0.05, 0) is 13.3 Å². The maximum Gasteiger partial charge on any atom is 0.319 e. The number of aliphatic hydroxyl groups is 1. The summed E-state index contributed by atoms with van der Waals surface area (Å²) in [4.78, 5) is 15.8. The van der Waals surface area contributed by atoms with Gasteiger partial charge in [-0.2, -0.15) is 0 Å². The lowest BCUT2D eigenvalue weighted by molar-refractivity contribution is -0.142. The van der Waals surface area contributed by atoms with Gasteiger partial charge in [0.1, 0.15) is 5.25 Å². The number of carbonyl (C=O) groups excluding carboxylic acids is 1. The van der Waals surface area contributed by atoms with Crippen LogP contribution in [0.3, 0.4) is 0 Å². The molecule has 5 nitrogen and oxygen atoms in total. The van der Waals surface area contributed by atoms with Gasteiger partial charge in [-0.15, -0.1) is 0 Å². The molecule has 96 valence electrons. The second-order valence-corrected chi connectivity index (χ2v) is 4.69. The molecule has 0 aliphatic carbocycles. The quantitative estimate of drug-likeness (QED) is 0.616. The van der Waals surface area contributed by atoms with E-state index in [9.17, 15) is 4.79 Å². The van der Waals surface area contributed by atoms with Crippen molar-refractivity contribution in [3.63, 3.8) is 0 Å². The van der Waals surface area contributed by atoms with Crippen LogP contribution in [0.1, 0.15) is 26.0 Å². The minimum atomic E-state index is -0.248. The van der Waals surface area contributed by atoms with Gasteiger partial charge in [-0.1, -0.05) is 18.7 Å². The first-order valence-corrected chi connectivity index (χ1v) is 6.46. The van der Waals surface area contributed by atoms with E-state index in [-0.39, 0.29) is 17.8 Å². The lowest BCUT2D eigenvalue weighted by Crippen LogP contribution is -2.20. The van der Waals surface area contributed by atoms with Crippen LogP contribution in [0.25, 0.3) is 0 Å². The molecule has 6 heteroatoms. The van der Waals surface area contributed by atoms with E-state index in [0.29, 0.717) is 18.2 Å². The Morgan fingerprint density at radius 3 is 2.82 bits per heavy atom. The Hall–Kier alpha value is -1.01. The van der Waals surface area contributed by atoms with Crippen molar-refractivity contribution in [1.29, 1.82) is 0 Å². The first-order valence-electron chi connectivity index (χ1n) is 5.58. The van der Waals surface area contributed by atoms with Crippen molar-refractivity contribution in [2.24, 2.45) is 7.05 Å². The summed E-state index contributed by atoms with van der Waals surface area (Å²) in [5.41, 5.74) is 0.728. The predicted octanol–water partition coefficient (Wildman–Crippen LogP) is 1.35. The van der Waals surface area contributed by atoms with Gasteiger partial charge in [-0.25, -0.2) is 4.98 Å². The summed E-state index contributed by atoms with van der Waals surface area (Å²) in [5, 5.41) is 9.52. The van der Waals surface area contributed by atoms with Crippen LogP contribution in [0.5, 0.6) is 0 Å². The largest absolute Gasteiger partial charge is 0.465 e. The first-order chi connectivity index (χ1) is 8.13. The van der Waals surface area contributed by atoms with Crippen LogP contribution in [0, 0.1) is 0 Å². The zero-order valence-electron chi connectivity index (χ0n) is 10.3. The number of hydrogen-bond acceptors (Lipinski definition) is 5. The Kier molecular flexibility index (Phi) is 5.50. The highest BCUT2D eigenvalue weighted by atomic mass is 32.2. The SMILES string of the molecule is CCOC(=O)C(CC)Sc1ncc(CO)n1C. The molecule has 1 unspecified atom stereocenters.